The highest BCUT2D eigenvalue weighted by molar-refractivity contribution is 8.11. The zero-order valence-corrected chi connectivity index (χ0v) is 11.2. The van der Waals surface area contributed by atoms with Crippen molar-refractivity contribution < 1.29 is 37.3 Å². The van der Waals surface area contributed by atoms with Gasteiger partial charge in [-0.1, -0.05) is 13.8 Å². The van der Waals surface area contributed by atoms with E-state index >= 15 is 0 Å². The first-order valence-electron chi connectivity index (χ1n) is 3.49. The summed E-state index contributed by atoms with van der Waals surface area (Å²) in [6.45, 7) is -0.763. The lowest BCUT2D eigenvalue weighted by Gasteiger charge is -2.21. The summed E-state index contributed by atoms with van der Waals surface area (Å²) in [5.41, 5.74) is -0.645. The molecule has 8 nitrogen and oxygen atoms in total. The average Bonchev–Trinajstić information content (AvgIpc) is 1.75. The molecule has 0 radical (unpaired) electrons. The molecule has 0 heterocycles. The second-order valence-corrected chi connectivity index (χ2v) is 9.74. The molecule has 0 amide bonds. The molecule has 0 aromatic heterocycles. The highest BCUT2D eigenvalue weighted by Crippen LogP contribution is 2.67. The highest BCUT2D eigenvalue weighted by atomic mass is 32.5. The topological polar surface area (TPSA) is 134 Å². The van der Waals surface area contributed by atoms with Crippen molar-refractivity contribution in [2.75, 3.05) is 0 Å². The van der Waals surface area contributed by atoms with Crippen LogP contribution < -0.4 is 0 Å². The number of hydrogen-bond acceptors (Lipinski definition) is 5. The van der Waals surface area contributed by atoms with Crippen molar-refractivity contribution in [1.82, 2.24) is 0 Å². The van der Waals surface area contributed by atoms with E-state index in [4.69, 9.17) is 14.7 Å². The summed E-state index contributed by atoms with van der Waals surface area (Å²) < 4.78 is 28.8. The van der Waals surface area contributed by atoms with Crippen LogP contribution in [0.5, 0.6) is 0 Å². The van der Waals surface area contributed by atoms with E-state index < -0.39 is 27.8 Å². The van der Waals surface area contributed by atoms with Gasteiger partial charge in [0.15, 0.2) is 6.49 Å². The Morgan fingerprint density at radius 3 is 1.73 bits per heavy atom. The Hall–Kier alpha value is 0.870. The fourth-order valence-corrected chi connectivity index (χ4v) is 4.55. The Balaban J connectivity index is 4.74. The second-order valence-electron chi connectivity index (χ2n) is 2.78. The van der Waals surface area contributed by atoms with Crippen molar-refractivity contribution in [3.8, 4) is 0 Å². The Morgan fingerprint density at radius 1 is 1.07 bits per heavy atom. The van der Waals surface area contributed by atoms with Gasteiger partial charge < -0.3 is 19.6 Å². The lowest BCUT2D eigenvalue weighted by atomic mass is 10.6. The largest absolute Gasteiger partial charge is 0.486 e. The molecular weight excluding hydrogens is 289 g/mol. The van der Waals surface area contributed by atoms with Gasteiger partial charge in [-0.05, 0) is 11.8 Å². The van der Waals surface area contributed by atoms with Gasteiger partial charge >= 0.3 is 15.6 Å². The van der Waals surface area contributed by atoms with Gasteiger partial charge in [-0.15, -0.1) is 0 Å². The summed E-state index contributed by atoms with van der Waals surface area (Å²) in [7, 11) is -10.2. The van der Waals surface area contributed by atoms with Crippen molar-refractivity contribution in [3.63, 3.8) is 0 Å². The molecule has 4 N–H and O–H groups in total. The summed E-state index contributed by atoms with van der Waals surface area (Å²) in [5, 5.41) is 0. The minimum Gasteiger partial charge on any atom is -0.345 e. The van der Waals surface area contributed by atoms with Gasteiger partial charge in [0.1, 0.15) is 0 Å². The van der Waals surface area contributed by atoms with Crippen LogP contribution in [-0.4, -0.2) is 25.2 Å². The Kier molecular flexibility index (Phi) is 5.31. The monoisotopic (exact) mass is 300 g/mol. The molecule has 0 aliphatic carbocycles. The van der Waals surface area contributed by atoms with E-state index in [-0.39, 0.29) is 0 Å². The van der Waals surface area contributed by atoms with Gasteiger partial charge in [-0.25, -0.2) is 13.4 Å². The Morgan fingerprint density at radius 2 is 1.47 bits per heavy atom. The van der Waals surface area contributed by atoms with E-state index in [1.807, 2.05) is 0 Å². The summed E-state index contributed by atoms with van der Waals surface area (Å²) in [6, 6.07) is 0. The predicted molar refractivity (Wildman–Crippen MR) is 55.7 cm³/mol. The third kappa shape index (κ3) is 6.92. The molecule has 0 aliphatic heterocycles. The van der Waals surface area contributed by atoms with E-state index in [1.165, 1.54) is 13.8 Å². The van der Waals surface area contributed by atoms with Crippen LogP contribution in [0.2, 0.25) is 0 Å². The molecule has 0 spiro atoms. The van der Waals surface area contributed by atoms with E-state index in [2.05, 4.69) is 20.4 Å². The Labute approximate surface area is 91.3 Å². The molecule has 0 bridgehead atoms. The van der Waals surface area contributed by atoms with Gasteiger partial charge in [0, 0.05) is 5.66 Å². The molecule has 92 valence electrons. The third-order valence-corrected chi connectivity index (χ3v) is 7.69. The standard InChI is InChI=1S/C3H11O8P3S/c1-3(2)12(4,15)10-14(8,9)11-13(5,6)7/h3H,1-2H3,(H,4,15)(H,8,9)(H2,5,6,7). The zero-order chi connectivity index (χ0) is 12.5. The van der Waals surface area contributed by atoms with Gasteiger partial charge in [-0.2, -0.15) is 4.31 Å². The van der Waals surface area contributed by atoms with Crippen molar-refractivity contribution in [1.29, 1.82) is 0 Å². The fourth-order valence-electron chi connectivity index (χ4n) is 0.391. The SMILES string of the molecule is CC(C)P(O)(=S)OP(=O)(O)OP(=O)(O)O. The van der Waals surface area contributed by atoms with E-state index in [0.717, 1.165) is 0 Å². The molecule has 15 heavy (non-hydrogen) atoms. The Bertz CT molecular complexity index is 358. The van der Waals surface area contributed by atoms with Crippen LogP contribution in [0.4, 0.5) is 0 Å². The molecule has 0 aromatic rings. The van der Waals surface area contributed by atoms with Crippen LogP contribution in [0.25, 0.3) is 0 Å². The number of rotatable bonds is 5. The smallest absolute Gasteiger partial charge is 0.345 e. The van der Waals surface area contributed by atoms with Crippen LogP contribution in [-0.2, 0) is 29.6 Å². The molecule has 2 unspecified atom stereocenters. The summed E-state index contributed by atoms with van der Waals surface area (Å²) in [5.74, 6) is 0. The minimum absolute atomic E-state index is 0.645. The van der Waals surface area contributed by atoms with Crippen molar-refractivity contribution in [3.05, 3.63) is 0 Å². The molecule has 0 saturated carbocycles. The van der Waals surface area contributed by atoms with Crippen LogP contribution in [0, 0.1) is 0 Å². The maximum Gasteiger partial charge on any atom is 0.486 e. The molecule has 0 aromatic carbocycles. The van der Waals surface area contributed by atoms with Gasteiger partial charge in [0.2, 0.25) is 0 Å². The first kappa shape index (κ1) is 15.9. The normalized spacial score (nSPS) is 21.0. The van der Waals surface area contributed by atoms with Crippen molar-refractivity contribution >= 4 is 33.9 Å². The fraction of sp³-hybridized carbons (Fsp3) is 1.00. The lowest BCUT2D eigenvalue weighted by Crippen LogP contribution is -2.01. The molecule has 2 atom stereocenters. The highest BCUT2D eigenvalue weighted by Gasteiger charge is 2.38. The summed E-state index contributed by atoms with van der Waals surface area (Å²) in [4.78, 5) is 34.7. The zero-order valence-electron chi connectivity index (χ0n) is 7.75. The van der Waals surface area contributed by atoms with Gasteiger partial charge in [0.25, 0.3) is 0 Å². The molecule has 0 fully saturated rings. The summed E-state index contributed by atoms with van der Waals surface area (Å²) >= 11 is 4.48. The molecule has 12 heteroatoms. The minimum atomic E-state index is -5.18. The van der Waals surface area contributed by atoms with E-state index in [0.29, 0.717) is 0 Å². The van der Waals surface area contributed by atoms with E-state index in [1.54, 1.807) is 0 Å². The van der Waals surface area contributed by atoms with Crippen LogP contribution in [0.15, 0.2) is 0 Å². The average molecular weight is 300 g/mol. The quantitative estimate of drug-likeness (QED) is 0.547. The molecule has 0 aliphatic rings. The van der Waals surface area contributed by atoms with Crippen LogP contribution in [0.3, 0.4) is 0 Å². The maximum absolute atomic E-state index is 11.0. The predicted octanol–water partition coefficient (Wildman–Crippen LogP) is 0.923. The maximum atomic E-state index is 11.0. The number of hydrogen-bond donors (Lipinski definition) is 4. The molecule has 0 saturated heterocycles. The van der Waals surface area contributed by atoms with E-state index in [9.17, 15) is 14.0 Å². The second kappa shape index (κ2) is 5.02. The van der Waals surface area contributed by atoms with Gasteiger partial charge in [0.05, 0.1) is 0 Å². The summed E-state index contributed by atoms with van der Waals surface area (Å²) in [6.07, 6.45) is 0. The lowest BCUT2D eigenvalue weighted by molar-refractivity contribution is 0.229. The first-order valence-corrected chi connectivity index (χ1v) is 9.26. The van der Waals surface area contributed by atoms with Crippen molar-refractivity contribution in [2.24, 2.45) is 0 Å². The van der Waals surface area contributed by atoms with Crippen LogP contribution in [0.1, 0.15) is 13.8 Å². The van der Waals surface area contributed by atoms with Gasteiger partial charge in [-0.3, -0.25) is 0 Å². The molecule has 0 rings (SSSR count). The third-order valence-electron chi connectivity index (χ3n) is 1.08. The van der Waals surface area contributed by atoms with Crippen molar-refractivity contribution in [2.45, 2.75) is 19.5 Å². The number of phosphoric acid groups is 2. The molecular formula is C3H11O8P3S. The van der Waals surface area contributed by atoms with Crippen LogP contribution >= 0.6 is 22.1 Å². The first-order chi connectivity index (χ1) is 6.36.